The number of aliphatic carboxylic acids is 1. The Hall–Kier alpha value is -2.86. The van der Waals surface area contributed by atoms with Crippen LogP contribution in [-0.4, -0.2) is 40.5 Å². The average molecular weight is 397 g/mol. The Morgan fingerprint density at radius 3 is 2.07 bits per heavy atom. The van der Waals surface area contributed by atoms with E-state index in [4.69, 9.17) is 4.74 Å². The number of benzene rings is 2. The van der Waals surface area contributed by atoms with Crippen molar-refractivity contribution in [2.75, 3.05) is 6.61 Å². The van der Waals surface area contributed by atoms with Crippen molar-refractivity contribution in [3.05, 3.63) is 59.7 Å². The molecule has 154 valence electrons. The number of carboxylic acids is 1. The first-order valence-electron chi connectivity index (χ1n) is 9.77. The molecule has 6 nitrogen and oxygen atoms in total. The third kappa shape index (κ3) is 4.43. The summed E-state index contributed by atoms with van der Waals surface area (Å²) in [5, 5.41) is 22.2. The van der Waals surface area contributed by atoms with Crippen LogP contribution in [0, 0.1) is 5.92 Å². The van der Waals surface area contributed by atoms with Crippen molar-refractivity contribution in [3.8, 4) is 11.1 Å². The van der Waals surface area contributed by atoms with Gasteiger partial charge in [-0.05, 0) is 35.1 Å². The standard InChI is InChI=1S/C23H27NO5/c1-14(2)23(3,28)12-20(21(25)26)24-22(27)29-13-19-17-10-6-4-8-15(17)16-9-5-7-11-18(16)19/h4-11,14,19-20,28H,12-13H2,1-3H3,(H,24,27)(H,25,26). The first-order valence-corrected chi connectivity index (χ1v) is 9.77. The number of fused-ring (bicyclic) bond motifs is 3. The molecule has 0 aliphatic heterocycles. The summed E-state index contributed by atoms with van der Waals surface area (Å²) >= 11 is 0. The Balaban J connectivity index is 1.68. The van der Waals surface area contributed by atoms with E-state index in [9.17, 15) is 19.8 Å². The first-order chi connectivity index (χ1) is 13.7. The van der Waals surface area contributed by atoms with Crippen molar-refractivity contribution in [2.24, 2.45) is 5.92 Å². The summed E-state index contributed by atoms with van der Waals surface area (Å²) in [6.07, 6.45) is -0.914. The second kappa shape index (κ2) is 8.25. The van der Waals surface area contributed by atoms with Crippen molar-refractivity contribution < 1.29 is 24.5 Å². The van der Waals surface area contributed by atoms with Gasteiger partial charge in [-0.3, -0.25) is 0 Å². The van der Waals surface area contributed by atoms with Crippen LogP contribution in [0.1, 0.15) is 44.2 Å². The zero-order valence-electron chi connectivity index (χ0n) is 16.9. The maximum atomic E-state index is 12.3. The number of hydrogen-bond acceptors (Lipinski definition) is 4. The number of ether oxygens (including phenoxy) is 1. The summed E-state index contributed by atoms with van der Waals surface area (Å²) in [6, 6.07) is 14.7. The van der Waals surface area contributed by atoms with Gasteiger partial charge in [-0.25, -0.2) is 9.59 Å². The summed E-state index contributed by atoms with van der Waals surface area (Å²) in [5.74, 6) is -1.47. The second-order valence-corrected chi connectivity index (χ2v) is 8.08. The number of carbonyl (C=O) groups excluding carboxylic acids is 1. The highest BCUT2D eigenvalue weighted by molar-refractivity contribution is 5.81. The van der Waals surface area contributed by atoms with Crippen LogP contribution < -0.4 is 5.32 Å². The number of carboxylic acid groups (broad SMARTS) is 1. The molecule has 2 unspecified atom stereocenters. The fourth-order valence-corrected chi connectivity index (χ4v) is 3.63. The van der Waals surface area contributed by atoms with Gasteiger partial charge in [0, 0.05) is 12.3 Å². The minimum Gasteiger partial charge on any atom is -0.480 e. The van der Waals surface area contributed by atoms with E-state index in [0.717, 1.165) is 22.3 Å². The van der Waals surface area contributed by atoms with Crippen molar-refractivity contribution >= 4 is 12.1 Å². The molecule has 2 aromatic rings. The van der Waals surface area contributed by atoms with Crippen LogP contribution in [0.15, 0.2) is 48.5 Å². The zero-order chi connectivity index (χ0) is 21.2. The Morgan fingerprint density at radius 2 is 1.59 bits per heavy atom. The van der Waals surface area contributed by atoms with Crippen LogP contribution in [0.25, 0.3) is 11.1 Å². The van der Waals surface area contributed by atoms with Gasteiger partial charge >= 0.3 is 12.1 Å². The van der Waals surface area contributed by atoms with Gasteiger partial charge in [-0.2, -0.15) is 0 Å². The molecule has 3 rings (SSSR count). The van der Waals surface area contributed by atoms with Gasteiger partial charge in [0.15, 0.2) is 0 Å². The second-order valence-electron chi connectivity index (χ2n) is 8.08. The molecule has 0 saturated heterocycles. The number of hydrogen-bond donors (Lipinski definition) is 3. The normalized spacial score (nSPS) is 15.9. The predicted octanol–water partition coefficient (Wildman–Crippen LogP) is 3.78. The number of nitrogens with one attached hydrogen (secondary N) is 1. The van der Waals surface area contributed by atoms with Crippen molar-refractivity contribution in [2.45, 2.75) is 44.8 Å². The van der Waals surface area contributed by atoms with Gasteiger partial charge in [0.2, 0.25) is 0 Å². The lowest BCUT2D eigenvalue weighted by Crippen LogP contribution is -2.47. The van der Waals surface area contributed by atoms with Crippen molar-refractivity contribution in [3.63, 3.8) is 0 Å². The zero-order valence-corrected chi connectivity index (χ0v) is 16.9. The topological polar surface area (TPSA) is 95.9 Å². The summed E-state index contributed by atoms with van der Waals surface area (Å²) in [4.78, 5) is 23.9. The van der Waals surface area contributed by atoms with Gasteiger partial charge in [-0.15, -0.1) is 0 Å². The summed E-state index contributed by atoms with van der Waals surface area (Å²) < 4.78 is 5.40. The Bertz CT molecular complexity index is 860. The minimum absolute atomic E-state index is 0.102. The molecule has 2 aromatic carbocycles. The Morgan fingerprint density at radius 1 is 1.07 bits per heavy atom. The van der Waals surface area contributed by atoms with Crippen molar-refractivity contribution in [1.29, 1.82) is 0 Å². The van der Waals surface area contributed by atoms with E-state index in [-0.39, 0.29) is 24.9 Å². The van der Waals surface area contributed by atoms with Gasteiger partial charge in [-0.1, -0.05) is 62.4 Å². The Kier molecular flexibility index (Phi) is 5.94. The van der Waals surface area contributed by atoms with Crippen molar-refractivity contribution in [1.82, 2.24) is 5.32 Å². The van der Waals surface area contributed by atoms with E-state index < -0.39 is 23.7 Å². The average Bonchev–Trinajstić information content (AvgIpc) is 2.99. The lowest BCUT2D eigenvalue weighted by molar-refractivity contribution is -0.141. The highest BCUT2D eigenvalue weighted by Gasteiger charge is 2.34. The molecule has 0 spiro atoms. The molecule has 3 N–H and O–H groups in total. The molecule has 2 atom stereocenters. The molecule has 29 heavy (non-hydrogen) atoms. The van der Waals surface area contributed by atoms with Crippen LogP contribution in [0.4, 0.5) is 4.79 Å². The molecule has 0 bridgehead atoms. The molecule has 6 heteroatoms. The third-order valence-electron chi connectivity index (χ3n) is 5.80. The first kappa shape index (κ1) is 20.9. The molecule has 1 amide bonds. The highest BCUT2D eigenvalue weighted by atomic mass is 16.5. The quantitative estimate of drug-likeness (QED) is 0.661. The smallest absolute Gasteiger partial charge is 0.407 e. The van der Waals surface area contributed by atoms with E-state index in [1.54, 1.807) is 20.8 Å². The number of rotatable bonds is 7. The minimum atomic E-state index is -1.23. The van der Waals surface area contributed by atoms with E-state index in [0.29, 0.717) is 0 Å². The van der Waals surface area contributed by atoms with Crippen LogP contribution in [-0.2, 0) is 9.53 Å². The van der Waals surface area contributed by atoms with Gasteiger partial charge in [0.1, 0.15) is 12.6 Å². The molecular weight excluding hydrogens is 370 g/mol. The van der Waals surface area contributed by atoms with Crippen LogP contribution in [0.5, 0.6) is 0 Å². The maximum Gasteiger partial charge on any atom is 0.407 e. The molecule has 0 heterocycles. The molecule has 0 fully saturated rings. The third-order valence-corrected chi connectivity index (χ3v) is 5.80. The fourth-order valence-electron chi connectivity index (χ4n) is 3.63. The SMILES string of the molecule is CC(C)C(C)(O)CC(NC(=O)OCC1c2ccccc2-c2ccccc21)C(=O)O. The predicted molar refractivity (Wildman–Crippen MR) is 110 cm³/mol. The van der Waals surface area contributed by atoms with Gasteiger partial charge in [0.05, 0.1) is 5.60 Å². The number of carbonyl (C=O) groups is 2. The van der Waals surface area contributed by atoms with Crippen LogP contribution >= 0.6 is 0 Å². The number of aliphatic hydroxyl groups is 1. The van der Waals surface area contributed by atoms with E-state index in [2.05, 4.69) is 5.32 Å². The van der Waals surface area contributed by atoms with Crippen LogP contribution in [0.3, 0.4) is 0 Å². The molecule has 1 aliphatic carbocycles. The van der Waals surface area contributed by atoms with E-state index in [1.165, 1.54) is 0 Å². The summed E-state index contributed by atoms with van der Waals surface area (Å²) in [5.41, 5.74) is 3.18. The molecule has 0 radical (unpaired) electrons. The van der Waals surface area contributed by atoms with E-state index in [1.807, 2.05) is 48.5 Å². The van der Waals surface area contributed by atoms with Crippen LogP contribution in [0.2, 0.25) is 0 Å². The fraction of sp³-hybridized carbons (Fsp3) is 0.391. The molecule has 1 aliphatic rings. The monoisotopic (exact) mass is 397 g/mol. The lowest BCUT2D eigenvalue weighted by atomic mass is 9.86. The van der Waals surface area contributed by atoms with Gasteiger partial charge < -0.3 is 20.3 Å². The summed E-state index contributed by atoms with van der Waals surface area (Å²) in [6.45, 7) is 5.26. The largest absolute Gasteiger partial charge is 0.480 e. The Labute approximate surface area is 170 Å². The maximum absolute atomic E-state index is 12.3. The highest BCUT2D eigenvalue weighted by Crippen LogP contribution is 2.44. The molecular formula is C23H27NO5. The molecule has 0 aromatic heterocycles. The van der Waals surface area contributed by atoms with E-state index >= 15 is 0 Å². The van der Waals surface area contributed by atoms with Gasteiger partial charge in [0.25, 0.3) is 0 Å². The summed E-state index contributed by atoms with van der Waals surface area (Å²) in [7, 11) is 0. The molecule has 0 saturated carbocycles. The number of amides is 1. The number of alkyl carbamates (subject to hydrolysis) is 1. The lowest BCUT2D eigenvalue weighted by Gasteiger charge is -2.30.